The second-order valence-electron chi connectivity index (χ2n) is 8.11. The maximum absolute atomic E-state index is 12.2. The number of amides is 2. The van der Waals surface area contributed by atoms with Crippen molar-refractivity contribution in [2.45, 2.75) is 45.4 Å². The van der Waals surface area contributed by atoms with Gasteiger partial charge in [0.1, 0.15) is 0 Å². The Balaban J connectivity index is 1.39. The van der Waals surface area contributed by atoms with E-state index in [1.165, 1.54) is 31.2 Å². The lowest BCUT2D eigenvalue weighted by atomic mass is 9.86. The van der Waals surface area contributed by atoms with Crippen LogP contribution in [0.2, 0.25) is 0 Å². The monoisotopic (exact) mass is 386 g/mol. The van der Waals surface area contributed by atoms with Crippen molar-refractivity contribution >= 4 is 23.5 Å². The maximum atomic E-state index is 12.2. The van der Waals surface area contributed by atoms with Crippen LogP contribution in [0.5, 0.6) is 0 Å². The van der Waals surface area contributed by atoms with E-state index in [1.54, 1.807) is 0 Å². The fourth-order valence-electron chi connectivity index (χ4n) is 4.60. The van der Waals surface area contributed by atoms with Gasteiger partial charge >= 0.3 is 5.97 Å². The van der Waals surface area contributed by atoms with Gasteiger partial charge in [-0.3, -0.25) is 14.4 Å². The van der Waals surface area contributed by atoms with Crippen LogP contribution in [0.25, 0.3) is 0 Å². The van der Waals surface area contributed by atoms with Crippen LogP contribution in [-0.4, -0.2) is 42.9 Å². The van der Waals surface area contributed by atoms with E-state index in [4.69, 9.17) is 4.74 Å². The summed E-state index contributed by atoms with van der Waals surface area (Å²) in [5.74, 6) is 0.909. The number of para-hydroxylation sites is 1. The number of ether oxygens (including phenoxy) is 1. The molecule has 0 aromatic heterocycles. The zero-order valence-corrected chi connectivity index (χ0v) is 16.8. The predicted molar refractivity (Wildman–Crippen MR) is 107 cm³/mol. The molecule has 152 valence electrons. The van der Waals surface area contributed by atoms with Crippen LogP contribution in [-0.2, 0) is 25.5 Å². The van der Waals surface area contributed by atoms with Crippen LogP contribution < -0.4 is 5.32 Å². The number of nitrogens with one attached hydrogen (secondary N) is 1. The summed E-state index contributed by atoms with van der Waals surface area (Å²) in [5.41, 5.74) is 1.80. The number of likely N-dealkylation sites (N-methyl/N-ethyl adjacent to an activating group) is 1. The molecule has 0 unspecified atom stereocenters. The molecule has 0 heterocycles. The van der Waals surface area contributed by atoms with Crippen molar-refractivity contribution in [3.63, 3.8) is 0 Å². The molecular formula is C22H30N2O4. The van der Waals surface area contributed by atoms with E-state index >= 15 is 0 Å². The highest BCUT2D eigenvalue weighted by molar-refractivity contribution is 5.95. The average Bonchev–Trinajstić information content (AvgIpc) is 3.29. The largest absolute Gasteiger partial charge is 0.456 e. The van der Waals surface area contributed by atoms with Crippen molar-refractivity contribution in [1.29, 1.82) is 0 Å². The third kappa shape index (κ3) is 5.12. The van der Waals surface area contributed by atoms with Crippen LogP contribution in [0, 0.1) is 17.8 Å². The second-order valence-corrected chi connectivity index (χ2v) is 8.11. The molecule has 6 nitrogen and oxygen atoms in total. The number of hydrogen-bond acceptors (Lipinski definition) is 4. The van der Waals surface area contributed by atoms with Crippen molar-refractivity contribution < 1.29 is 19.1 Å². The highest BCUT2D eigenvalue weighted by Gasteiger charge is 2.40. The summed E-state index contributed by atoms with van der Waals surface area (Å²) in [6.07, 6.45) is 6.10. The molecule has 0 aliphatic heterocycles. The van der Waals surface area contributed by atoms with Gasteiger partial charge in [-0.25, -0.2) is 0 Å². The highest BCUT2D eigenvalue weighted by atomic mass is 16.5. The number of carbonyl (C=O) groups is 3. The molecule has 0 spiro atoms. The molecule has 0 saturated heterocycles. The van der Waals surface area contributed by atoms with E-state index < -0.39 is 0 Å². The quantitative estimate of drug-likeness (QED) is 0.697. The van der Waals surface area contributed by atoms with Gasteiger partial charge in [0.25, 0.3) is 5.91 Å². The van der Waals surface area contributed by atoms with E-state index in [-0.39, 0.29) is 30.9 Å². The molecule has 2 amide bonds. The molecule has 2 fully saturated rings. The van der Waals surface area contributed by atoms with Gasteiger partial charge in [0.15, 0.2) is 6.61 Å². The molecule has 28 heavy (non-hydrogen) atoms. The summed E-state index contributed by atoms with van der Waals surface area (Å²) in [5, 5.41) is 2.84. The highest BCUT2D eigenvalue weighted by Crippen LogP contribution is 2.49. The lowest BCUT2D eigenvalue weighted by Crippen LogP contribution is -2.37. The number of esters is 1. The molecule has 6 heteroatoms. The third-order valence-electron chi connectivity index (χ3n) is 6.15. The predicted octanol–water partition coefficient (Wildman–Crippen LogP) is 3.02. The average molecular weight is 386 g/mol. The van der Waals surface area contributed by atoms with Gasteiger partial charge in [-0.1, -0.05) is 31.5 Å². The van der Waals surface area contributed by atoms with Crippen LogP contribution in [0.4, 0.5) is 5.69 Å². The van der Waals surface area contributed by atoms with E-state index in [9.17, 15) is 14.4 Å². The first kappa shape index (κ1) is 20.4. The number of fused-ring (bicyclic) bond motifs is 2. The van der Waals surface area contributed by atoms with E-state index in [2.05, 4.69) is 5.32 Å². The standard InChI is InChI=1S/C22H30N2O4/c1-3-16-6-4-5-7-19(16)23-20(25)13-24(2)21(26)14-28-22(27)12-18-11-15-8-9-17(18)10-15/h4-7,15,17-18H,3,8-14H2,1-2H3,(H,23,25)/t15-,17+,18-/m0/s1. The molecule has 1 aromatic carbocycles. The molecule has 1 aromatic rings. The van der Waals surface area contributed by atoms with Gasteiger partial charge < -0.3 is 15.0 Å². The zero-order chi connectivity index (χ0) is 20.1. The number of hydrogen-bond donors (Lipinski definition) is 1. The van der Waals surface area contributed by atoms with Crippen molar-refractivity contribution in [2.24, 2.45) is 17.8 Å². The number of carbonyl (C=O) groups excluding carboxylic acids is 3. The van der Waals surface area contributed by atoms with Crippen LogP contribution >= 0.6 is 0 Å². The third-order valence-corrected chi connectivity index (χ3v) is 6.15. The topological polar surface area (TPSA) is 75.7 Å². The van der Waals surface area contributed by atoms with Gasteiger partial charge in [-0.2, -0.15) is 0 Å². The fourth-order valence-corrected chi connectivity index (χ4v) is 4.60. The van der Waals surface area contributed by atoms with E-state index in [0.29, 0.717) is 18.3 Å². The van der Waals surface area contributed by atoms with Gasteiger partial charge in [0, 0.05) is 19.2 Å². The minimum Gasteiger partial charge on any atom is -0.456 e. The molecule has 3 atom stereocenters. The van der Waals surface area contributed by atoms with E-state index in [1.807, 2.05) is 31.2 Å². The van der Waals surface area contributed by atoms with Gasteiger partial charge in [0.05, 0.1) is 6.54 Å². The van der Waals surface area contributed by atoms with Crippen molar-refractivity contribution in [3.8, 4) is 0 Å². The summed E-state index contributed by atoms with van der Waals surface area (Å²) >= 11 is 0. The van der Waals surface area contributed by atoms with Crippen molar-refractivity contribution in [3.05, 3.63) is 29.8 Å². The SMILES string of the molecule is CCc1ccccc1NC(=O)CN(C)C(=O)COC(=O)C[C@@H]1C[C@H]2CC[C@@H]1C2. The summed E-state index contributed by atoms with van der Waals surface area (Å²) in [7, 11) is 1.54. The second kappa shape index (κ2) is 9.22. The Morgan fingerprint density at radius 3 is 2.64 bits per heavy atom. The zero-order valence-electron chi connectivity index (χ0n) is 16.8. The van der Waals surface area contributed by atoms with Crippen LogP contribution in [0.1, 0.15) is 44.6 Å². The molecular weight excluding hydrogens is 356 g/mol. The summed E-state index contributed by atoms with van der Waals surface area (Å²) in [6, 6.07) is 7.59. The molecule has 3 rings (SSSR count). The summed E-state index contributed by atoms with van der Waals surface area (Å²) in [6.45, 7) is 1.63. The number of benzene rings is 1. The van der Waals surface area contributed by atoms with Gasteiger partial charge in [-0.05, 0) is 55.1 Å². The van der Waals surface area contributed by atoms with Gasteiger partial charge in [-0.15, -0.1) is 0 Å². The molecule has 2 aliphatic rings. The Labute approximate surface area is 166 Å². The first-order valence-corrected chi connectivity index (χ1v) is 10.2. The minimum absolute atomic E-state index is 0.0825. The van der Waals surface area contributed by atoms with Crippen LogP contribution in [0.3, 0.4) is 0 Å². The number of anilines is 1. The summed E-state index contributed by atoms with van der Waals surface area (Å²) in [4.78, 5) is 37.8. The fraction of sp³-hybridized carbons (Fsp3) is 0.591. The smallest absolute Gasteiger partial charge is 0.306 e. The maximum Gasteiger partial charge on any atom is 0.306 e. The minimum atomic E-state index is -0.375. The Bertz CT molecular complexity index is 733. The number of rotatable bonds is 8. The number of aryl methyl sites for hydroxylation is 1. The molecule has 1 N–H and O–H groups in total. The van der Waals surface area contributed by atoms with Gasteiger partial charge in [0.2, 0.25) is 5.91 Å². The Kier molecular flexibility index (Phi) is 6.70. The summed E-state index contributed by atoms with van der Waals surface area (Å²) < 4.78 is 5.17. The first-order chi connectivity index (χ1) is 13.5. The Morgan fingerprint density at radius 1 is 1.18 bits per heavy atom. The normalized spacial score (nSPS) is 22.7. The lowest BCUT2D eigenvalue weighted by Gasteiger charge is -2.21. The number of nitrogens with zero attached hydrogens (tertiary/aromatic N) is 1. The molecule has 2 aliphatic carbocycles. The van der Waals surface area contributed by atoms with E-state index in [0.717, 1.165) is 30.0 Å². The van der Waals surface area contributed by atoms with Crippen LogP contribution in [0.15, 0.2) is 24.3 Å². The van der Waals surface area contributed by atoms with Crippen molar-refractivity contribution in [2.75, 3.05) is 25.5 Å². The molecule has 2 saturated carbocycles. The first-order valence-electron chi connectivity index (χ1n) is 10.2. The molecule has 2 bridgehead atoms. The van der Waals surface area contributed by atoms with Crippen molar-refractivity contribution in [1.82, 2.24) is 4.90 Å². The Hall–Kier alpha value is -2.37. The Morgan fingerprint density at radius 2 is 1.96 bits per heavy atom. The molecule has 0 radical (unpaired) electrons. The lowest BCUT2D eigenvalue weighted by molar-refractivity contribution is -0.152.